The van der Waals surface area contributed by atoms with Crippen molar-refractivity contribution < 1.29 is 4.79 Å². The molecule has 9 heteroatoms. The Hall–Kier alpha value is -3.20. The minimum absolute atomic E-state index is 0.134. The van der Waals surface area contributed by atoms with E-state index in [4.69, 9.17) is 11.6 Å². The number of amides is 1. The van der Waals surface area contributed by atoms with Crippen LogP contribution in [0.25, 0.3) is 22.0 Å². The molecule has 2 heterocycles. The summed E-state index contributed by atoms with van der Waals surface area (Å²) in [6.45, 7) is 1.99. The van der Waals surface area contributed by atoms with E-state index in [-0.39, 0.29) is 11.7 Å². The van der Waals surface area contributed by atoms with Gasteiger partial charge >= 0.3 is 0 Å². The standard InChI is InChI=1S/C26H22ClN5OS2/c1-16-24(18-10-12-20(27)13-11-18)29-25(35-16)28-23(33)15-34-26-31-30-22(32(26)2)14-19-8-5-7-17-6-3-4-9-21(17)19/h3-13H,14-15H2,1-2H3,(H,28,29,33). The summed E-state index contributed by atoms with van der Waals surface area (Å²) >= 11 is 8.80. The number of carbonyl (C=O) groups is 1. The van der Waals surface area contributed by atoms with Gasteiger partial charge in [-0.3, -0.25) is 4.79 Å². The number of nitrogens with one attached hydrogen (secondary N) is 1. The van der Waals surface area contributed by atoms with Gasteiger partial charge < -0.3 is 9.88 Å². The summed E-state index contributed by atoms with van der Waals surface area (Å²) in [7, 11) is 1.93. The van der Waals surface area contributed by atoms with E-state index in [0.717, 1.165) is 22.0 Å². The smallest absolute Gasteiger partial charge is 0.236 e. The van der Waals surface area contributed by atoms with Crippen molar-refractivity contribution >= 4 is 56.5 Å². The van der Waals surface area contributed by atoms with Gasteiger partial charge in [-0.2, -0.15) is 0 Å². The van der Waals surface area contributed by atoms with E-state index in [1.54, 1.807) is 0 Å². The van der Waals surface area contributed by atoms with Crippen molar-refractivity contribution in [2.24, 2.45) is 7.05 Å². The highest BCUT2D eigenvalue weighted by molar-refractivity contribution is 7.99. The Morgan fingerprint density at radius 3 is 2.66 bits per heavy atom. The van der Waals surface area contributed by atoms with Crippen LogP contribution in [0.3, 0.4) is 0 Å². The fourth-order valence-corrected chi connectivity index (χ4v) is 5.56. The van der Waals surface area contributed by atoms with Crippen molar-refractivity contribution in [2.45, 2.75) is 18.5 Å². The number of aromatic nitrogens is 4. The summed E-state index contributed by atoms with van der Waals surface area (Å²) < 4.78 is 1.95. The third-order valence-corrected chi connectivity index (χ3v) is 7.80. The first-order valence-corrected chi connectivity index (χ1v) is 13.2. The van der Waals surface area contributed by atoms with E-state index in [1.165, 1.54) is 39.4 Å². The molecule has 0 aliphatic heterocycles. The van der Waals surface area contributed by atoms with Crippen LogP contribution in [-0.2, 0) is 18.3 Å². The van der Waals surface area contributed by atoms with Gasteiger partial charge in [0, 0.05) is 28.9 Å². The van der Waals surface area contributed by atoms with Crippen molar-refractivity contribution in [3.8, 4) is 11.3 Å². The molecule has 0 spiro atoms. The fraction of sp³-hybridized carbons (Fsp3) is 0.154. The third-order valence-electron chi connectivity index (χ3n) is 5.65. The Kier molecular flexibility index (Phi) is 6.86. The van der Waals surface area contributed by atoms with Crippen molar-refractivity contribution in [2.75, 3.05) is 11.1 Å². The number of rotatable bonds is 7. The van der Waals surface area contributed by atoms with E-state index < -0.39 is 0 Å². The number of aryl methyl sites for hydroxylation is 1. The third kappa shape index (κ3) is 5.24. The summed E-state index contributed by atoms with van der Waals surface area (Å²) in [6.07, 6.45) is 0.670. The Morgan fingerprint density at radius 2 is 1.83 bits per heavy atom. The van der Waals surface area contributed by atoms with Gasteiger partial charge in [-0.1, -0.05) is 78.0 Å². The topological polar surface area (TPSA) is 72.7 Å². The van der Waals surface area contributed by atoms with E-state index in [1.807, 2.05) is 54.9 Å². The number of fused-ring (bicyclic) bond motifs is 1. The second-order valence-corrected chi connectivity index (χ2v) is 10.6. The number of nitrogens with zero attached hydrogens (tertiary/aromatic N) is 4. The maximum absolute atomic E-state index is 12.6. The lowest BCUT2D eigenvalue weighted by Gasteiger charge is -2.07. The van der Waals surface area contributed by atoms with Crippen LogP contribution in [0.4, 0.5) is 5.13 Å². The van der Waals surface area contributed by atoms with E-state index >= 15 is 0 Å². The second kappa shape index (κ2) is 10.2. The highest BCUT2D eigenvalue weighted by atomic mass is 35.5. The lowest BCUT2D eigenvalue weighted by Crippen LogP contribution is -2.14. The molecular weight excluding hydrogens is 498 g/mol. The lowest BCUT2D eigenvalue weighted by atomic mass is 10.0. The van der Waals surface area contributed by atoms with Gasteiger partial charge in [-0.25, -0.2) is 4.98 Å². The Morgan fingerprint density at radius 1 is 1.06 bits per heavy atom. The zero-order valence-electron chi connectivity index (χ0n) is 19.2. The Balaban J connectivity index is 1.22. The predicted octanol–water partition coefficient (Wildman–Crippen LogP) is 6.38. The summed E-state index contributed by atoms with van der Waals surface area (Å²) in [6, 6.07) is 22.1. The summed E-state index contributed by atoms with van der Waals surface area (Å²) in [4.78, 5) is 18.2. The van der Waals surface area contributed by atoms with Crippen molar-refractivity contribution in [1.82, 2.24) is 19.7 Å². The number of halogens is 1. The molecule has 0 saturated heterocycles. The van der Waals surface area contributed by atoms with Gasteiger partial charge in [-0.05, 0) is 35.4 Å². The average molecular weight is 520 g/mol. The molecule has 3 aromatic carbocycles. The van der Waals surface area contributed by atoms with Gasteiger partial charge in [0.1, 0.15) is 5.82 Å². The quantitative estimate of drug-likeness (QED) is 0.253. The molecule has 176 valence electrons. The lowest BCUT2D eigenvalue weighted by molar-refractivity contribution is -0.113. The van der Waals surface area contributed by atoms with Crippen molar-refractivity contribution in [1.29, 1.82) is 0 Å². The zero-order chi connectivity index (χ0) is 24.4. The van der Waals surface area contributed by atoms with Crippen LogP contribution >= 0.6 is 34.7 Å². The highest BCUT2D eigenvalue weighted by Gasteiger charge is 2.15. The molecule has 6 nitrogen and oxygen atoms in total. The van der Waals surface area contributed by atoms with Crippen LogP contribution < -0.4 is 5.32 Å². The van der Waals surface area contributed by atoms with Crippen LogP contribution in [0.5, 0.6) is 0 Å². The van der Waals surface area contributed by atoms with E-state index in [0.29, 0.717) is 21.7 Å². The fourth-order valence-electron chi connectivity index (χ4n) is 3.85. The molecule has 0 atom stereocenters. The van der Waals surface area contributed by atoms with Gasteiger partial charge in [0.15, 0.2) is 10.3 Å². The molecule has 1 N–H and O–H groups in total. The van der Waals surface area contributed by atoms with E-state index in [2.05, 4.69) is 50.8 Å². The molecule has 35 heavy (non-hydrogen) atoms. The van der Waals surface area contributed by atoms with Crippen LogP contribution in [0.15, 0.2) is 71.9 Å². The number of benzene rings is 3. The molecule has 5 aromatic rings. The maximum Gasteiger partial charge on any atom is 0.236 e. The van der Waals surface area contributed by atoms with Crippen molar-refractivity contribution in [3.63, 3.8) is 0 Å². The molecule has 0 aliphatic rings. The maximum atomic E-state index is 12.6. The SMILES string of the molecule is Cc1sc(NC(=O)CSc2nnc(Cc3cccc4ccccc34)n2C)nc1-c1ccc(Cl)cc1. The number of thiazole rings is 1. The zero-order valence-corrected chi connectivity index (χ0v) is 21.5. The van der Waals surface area contributed by atoms with E-state index in [9.17, 15) is 4.79 Å². The minimum atomic E-state index is -0.134. The number of hydrogen-bond acceptors (Lipinski definition) is 6. The first-order valence-electron chi connectivity index (χ1n) is 11.0. The Bertz CT molecular complexity index is 1510. The monoisotopic (exact) mass is 519 g/mol. The van der Waals surface area contributed by atoms with Crippen LogP contribution in [0, 0.1) is 6.92 Å². The summed E-state index contributed by atoms with van der Waals surface area (Å²) in [5, 5.41) is 16.0. The van der Waals surface area contributed by atoms with Gasteiger partial charge in [0.25, 0.3) is 0 Å². The molecule has 1 amide bonds. The number of thioether (sulfide) groups is 1. The molecule has 0 unspecified atom stereocenters. The summed E-state index contributed by atoms with van der Waals surface area (Å²) in [5.74, 6) is 0.937. The molecule has 0 bridgehead atoms. The minimum Gasteiger partial charge on any atom is -0.309 e. The van der Waals surface area contributed by atoms with Crippen LogP contribution in [0.1, 0.15) is 16.3 Å². The highest BCUT2D eigenvalue weighted by Crippen LogP contribution is 2.31. The first-order chi connectivity index (χ1) is 17.0. The number of hydrogen-bond donors (Lipinski definition) is 1. The normalized spacial score (nSPS) is 11.2. The average Bonchev–Trinajstić information content (AvgIpc) is 3.40. The number of anilines is 1. The largest absolute Gasteiger partial charge is 0.309 e. The molecule has 0 saturated carbocycles. The van der Waals surface area contributed by atoms with Crippen LogP contribution in [0.2, 0.25) is 5.02 Å². The molecular formula is C26H22ClN5OS2. The van der Waals surface area contributed by atoms with Crippen LogP contribution in [-0.4, -0.2) is 31.4 Å². The van der Waals surface area contributed by atoms with Crippen molar-refractivity contribution in [3.05, 3.63) is 88.0 Å². The van der Waals surface area contributed by atoms with Gasteiger partial charge in [-0.15, -0.1) is 21.5 Å². The van der Waals surface area contributed by atoms with Gasteiger partial charge in [0.2, 0.25) is 5.91 Å². The molecule has 2 aromatic heterocycles. The first kappa shape index (κ1) is 23.5. The Labute approximate surface area is 216 Å². The predicted molar refractivity (Wildman–Crippen MR) is 144 cm³/mol. The molecule has 5 rings (SSSR count). The number of carbonyl (C=O) groups excluding carboxylic acids is 1. The molecule has 0 aliphatic carbocycles. The van der Waals surface area contributed by atoms with Gasteiger partial charge in [0.05, 0.1) is 11.4 Å². The molecule has 0 fully saturated rings. The molecule has 0 radical (unpaired) electrons. The second-order valence-electron chi connectivity index (χ2n) is 8.04. The summed E-state index contributed by atoms with van der Waals surface area (Å²) in [5.41, 5.74) is 3.01.